The first kappa shape index (κ1) is 31.6. The highest BCUT2D eigenvalue weighted by molar-refractivity contribution is 5.77. The molecule has 4 aliphatic carbocycles. The molecule has 0 aliphatic heterocycles. The lowest BCUT2D eigenvalue weighted by molar-refractivity contribution is 0.411. The molecule has 3 aromatic rings. The van der Waals surface area contributed by atoms with Crippen LogP contribution in [0.4, 0.5) is 11.4 Å². The molecule has 7 rings (SSSR count). The first-order valence-electron chi connectivity index (χ1n) is 17.7. The fraction of sp³-hybridized carbons (Fsp3) is 0.261. The zero-order valence-corrected chi connectivity index (χ0v) is 28.5. The Morgan fingerprint density at radius 2 is 1.67 bits per heavy atom. The van der Waals surface area contributed by atoms with Crippen LogP contribution in [0.1, 0.15) is 69.6 Å². The van der Waals surface area contributed by atoms with Gasteiger partial charge >= 0.3 is 0 Å². The molecule has 0 amide bonds. The molecule has 0 saturated heterocycles. The topological polar surface area (TPSA) is 6.48 Å². The molecule has 2 heteroatoms. The molecular weight excluding hydrogens is 581 g/mol. The van der Waals surface area contributed by atoms with Crippen LogP contribution in [0.5, 0.6) is 0 Å². The summed E-state index contributed by atoms with van der Waals surface area (Å²) < 4.78 is 0. The highest BCUT2D eigenvalue weighted by atomic mass is 15.2. The van der Waals surface area contributed by atoms with Gasteiger partial charge in [0.1, 0.15) is 0 Å². The van der Waals surface area contributed by atoms with Crippen LogP contribution in [0, 0.1) is 17.8 Å². The number of hydrogen-bond donors (Lipinski definition) is 0. The largest absolute Gasteiger partial charge is 0.355 e. The second-order valence-electron chi connectivity index (χ2n) is 13.5. The van der Waals surface area contributed by atoms with Gasteiger partial charge in [0.25, 0.3) is 0 Å². The number of fused-ring (bicyclic) bond motifs is 2. The number of hydrogen-bond acceptors (Lipinski definition) is 2. The van der Waals surface area contributed by atoms with E-state index in [0.29, 0.717) is 6.04 Å². The fourth-order valence-corrected chi connectivity index (χ4v) is 7.90. The third kappa shape index (κ3) is 6.18. The average molecular weight is 627 g/mol. The average Bonchev–Trinajstić information content (AvgIpc) is 3.13. The summed E-state index contributed by atoms with van der Waals surface area (Å²) in [5, 5.41) is 0. The highest BCUT2D eigenvalue weighted by Crippen LogP contribution is 2.44. The van der Waals surface area contributed by atoms with Gasteiger partial charge in [0.15, 0.2) is 0 Å². The van der Waals surface area contributed by atoms with Crippen LogP contribution in [0.2, 0.25) is 0 Å². The lowest BCUT2D eigenvalue weighted by Gasteiger charge is -2.49. The molecule has 0 heterocycles. The van der Waals surface area contributed by atoms with Gasteiger partial charge in [-0.05, 0) is 116 Å². The van der Waals surface area contributed by atoms with Crippen molar-refractivity contribution in [3.05, 3.63) is 168 Å². The Bertz CT molecular complexity index is 1900. The Kier molecular flexibility index (Phi) is 9.22. The first-order chi connectivity index (χ1) is 23.6. The van der Waals surface area contributed by atoms with Crippen molar-refractivity contribution in [2.75, 3.05) is 9.80 Å². The number of nitrogens with zero attached hydrogens (tertiary/aromatic N) is 2. The molecule has 0 N–H and O–H groups in total. The van der Waals surface area contributed by atoms with Crippen LogP contribution in [0.3, 0.4) is 0 Å². The Morgan fingerprint density at radius 3 is 2.46 bits per heavy atom. The van der Waals surface area contributed by atoms with Crippen molar-refractivity contribution >= 4 is 23.0 Å². The molecule has 2 nitrogen and oxygen atoms in total. The Morgan fingerprint density at radius 1 is 0.854 bits per heavy atom. The Balaban J connectivity index is 1.16. The zero-order valence-electron chi connectivity index (χ0n) is 28.5. The maximum absolute atomic E-state index is 3.44. The Labute approximate surface area is 287 Å². The van der Waals surface area contributed by atoms with Gasteiger partial charge < -0.3 is 9.80 Å². The van der Waals surface area contributed by atoms with Crippen molar-refractivity contribution in [3.63, 3.8) is 0 Å². The maximum Gasteiger partial charge on any atom is 0.0672 e. The van der Waals surface area contributed by atoms with Gasteiger partial charge in [-0.15, -0.1) is 0 Å². The number of allylic oxidation sites excluding steroid dienone is 8. The van der Waals surface area contributed by atoms with Gasteiger partial charge in [0.2, 0.25) is 0 Å². The van der Waals surface area contributed by atoms with Crippen LogP contribution in [0.25, 0.3) is 11.6 Å². The molecule has 0 fully saturated rings. The predicted octanol–water partition coefficient (Wildman–Crippen LogP) is 11.2. The van der Waals surface area contributed by atoms with Crippen molar-refractivity contribution in [2.45, 2.75) is 70.5 Å². The molecule has 0 radical (unpaired) electrons. The summed E-state index contributed by atoms with van der Waals surface area (Å²) in [4.78, 5) is 5.17. The quantitative estimate of drug-likeness (QED) is 0.163. The van der Waals surface area contributed by atoms with E-state index in [0.717, 1.165) is 32.1 Å². The third-order valence-electron chi connectivity index (χ3n) is 10.3. The normalized spacial score (nSPS) is 22.9. The van der Waals surface area contributed by atoms with Gasteiger partial charge in [-0.2, -0.15) is 0 Å². The molecule has 4 aliphatic rings. The second-order valence-corrected chi connectivity index (χ2v) is 13.5. The minimum absolute atomic E-state index is 0.150. The molecule has 240 valence electrons. The van der Waals surface area contributed by atoms with E-state index in [1.807, 2.05) is 6.08 Å². The molecule has 4 atom stereocenters. The summed E-state index contributed by atoms with van der Waals surface area (Å²) in [5.74, 6) is 6.91. The summed E-state index contributed by atoms with van der Waals surface area (Å²) in [7, 11) is 0. The van der Waals surface area contributed by atoms with Crippen LogP contribution in [0.15, 0.2) is 151 Å². The van der Waals surface area contributed by atoms with Crippen LogP contribution < -0.4 is 9.80 Å². The van der Waals surface area contributed by atoms with E-state index in [-0.39, 0.29) is 17.5 Å². The van der Waals surface area contributed by atoms with E-state index in [4.69, 9.17) is 0 Å². The monoisotopic (exact) mass is 626 g/mol. The van der Waals surface area contributed by atoms with Gasteiger partial charge in [-0.1, -0.05) is 122 Å². The van der Waals surface area contributed by atoms with E-state index < -0.39 is 0 Å². The first-order valence-corrected chi connectivity index (χ1v) is 17.7. The van der Waals surface area contributed by atoms with Gasteiger partial charge in [-0.3, -0.25) is 0 Å². The van der Waals surface area contributed by atoms with E-state index >= 15 is 0 Å². The smallest absolute Gasteiger partial charge is 0.0672 e. The van der Waals surface area contributed by atoms with Crippen molar-refractivity contribution in [3.8, 4) is 11.8 Å². The molecule has 3 aromatic carbocycles. The summed E-state index contributed by atoms with van der Waals surface area (Å²) in [5.41, 5.74) is 10.2. The molecular formula is C46H46N2. The molecule has 0 spiro atoms. The van der Waals surface area contributed by atoms with E-state index in [9.17, 15) is 0 Å². The molecule has 4 unspecified atom stereocenters. The zero-order chi connectivity index (χ0) is 32.9. The SMILES string of the molecule is CC/C=C\CC(C)N(C1=C2C=CC#CC2CC=C1)c1ccc(C2=CCC(N(c3ccccc3)C3(C)CC=Cc4ccccc43)C=C2)cc1. The van der Waals surface area contributed by atoms with E-state index in [1.54, 1.807) is 0 Å². The molecule has 0 aromatic heterocycles. The number of benzene rings is 3. The second kappa shape index (κ2) is 14.0. The van der Waals surface area contributed by atoms with Crippen molar-refractivity contribution in [1.82, 2.24) is 0 Å². The number of rotatable bonds is 10. The minimum Gasteiger partial charge on any atom is -0.355 e. The standard InChI is InChI=1S/C46H46N2/c1-4-5-7-16-35(2)47(45-25-14-19-38-17-10-12-23-43(38)45)40-30-26-36(27-31-40)37-28-32-42(33-29-37)48(41-21-8-6-9-22-41)46(3)34-15-20-39-18-11-13-24-44(39)46/h5-9,11-15,18,20-32,35,38,42H,4,16,19,33-34H2,1-3H3/b7-5-. The molecule has 0 bridgehead atoms. The van der Waals surface area contributed by atoms with Crippen LogP contribution in [-0.2, 0) is 5.54 Å². The van der Waals surface area contributed by atoms with Crippen LogP contribution >= 0.6 is 0 Å². The van der Waals surface area contributed by atoms with Crippen molar-refractivity contribution < 1.29 is 0 Å². The summed E-state index contributed by atoms with van der Waals surface area (Å²) in [6.45, 7) is 6.95. The Hall–Kier alpha value is -5.00. The summed E-state index contributed by atoms with van der Waals surface area (Å²) in [6, 6.07) is 29.6. The maximum atomic E-state index is 3.44. The lowest BCUT2D eigenvalue weighted by Crippen LogP contribution is -2.50. The van der Waals surface area contributed by atoms with Crippen LogP contribution in [-0.4, -0.2) is 12.1 Å². The van der Waals surface area contributed by atoms with Crippen molar-refractivity contribution in [2.24, 2.45) is 5.92 Å². The van der Waals surface area contributed by atoms with Gasteiger partial charge in [0, 0.05) is 23.1 Å². The molecule has 0 saturated carbocycles. The van der Waals surface area contributed by atoms with Gasteiger partial charge in [-0.25, -0.2) is 0 Å². The highest BCUT2D eigenvalue weighted by Gasteiger charge is 2.39. The fourth-order valence-electron chi connectivity index (χ4n) is 7.90. The lowest BCUT2D eigenvalue weighted by atomic mass is 9.78. The van der Waals surface area contributed by atoms with Crippen molar-refractivity contribution in [1.29, 1.82) is 0 Å². The number of para-hydroxylation sites is 1. The summed E-state index contributed by atoms with van der Waals surface area (Å²) in [6.07, 6.45) is 30.2. The third-order valence-corrected chi connectivity index (χ3v) is 10.3. The van der Waals surface area contributed by atoms with E-state index in [2.05, 4.69) is 182 Å². The summed E-state index contributed by atoms with van der Waals surface area (Å²) >= 11 is 0. The predicted molar refractivity (Wildman–Crippen MR) is 206 cm³/mol. The van der Waals surface area contributed by atoms with Gasteiger partial charge in [0.05, 0.1) is 17.5 Å². The number of anilines is 2. The molecule has 48 heavy (non-hydrogen) atoms. The minimum atomic E-state index is -0.150. The van der Waals surface area contributed by atoms with E-state index in [1.165, 1.54) is 44.9 Å².